The van der Waals surface area contributed by atoms with Crippen LogP contribution in [0.3, 0.4) is 0 Å². The van der Waals surface area contributed by atoms with E-state index in [0.717, 1.165) is 0 Å². The molecule has 0 atom stereocenters. The van der Waals surface area contributed by atoms with Gasteiger partial charge < -0.3 is 20.5 Å². The first kappa shape index (κ1) is 17.3. The van der Waals surface area contributed by atoms with E-state index in [1.54, 1.807) is 0 Å². The van der Waals surface area contributed by atoms with Gasteiger partial charge in [0.2, 0.25) is 0 Å². The number of hydrogen-bond donors (Lipinski definition) is 3. The summed E-state index contributed by atoms with van der Waals surface area (Å²) >= 11 is 0. The Morgan fingerprint density at radius 3 is 2.25 bits per heavy atom. The third-order valence-electron chi connectivity index (χ3n) is 5.16. The van der Waals surface area contributed by atoms with Crippen molar-refractivity contribution in [1.29, 1.82) is 0 Å². The smallest absolute Gasteiger partial charge is 0.465 e. The Kier molecular flexibility index (Phi) is 4.15. The van der Waals surface area contributed by atoms with Gasteiger partial charge in [0.25, 0.3) is 5.91 Å². The van der Waals surface area contributed by atoms with Crippen molar-refractivity contribution in [1.82, 2.24) is 10.6 Å². The number of carboxylic acid groups (broad SMARTS) is 1. The Hall–Kier alpha value is -1.55. The fraction of sp³-hybridized carbons (Fsp3) is 0.857. The highest BCUT2D eigenvalue weighted by atomic mass is 19.4. The fourth-order valence-corrected chi connectivity index (χ4v) is 3.66. The average Bonchev–Trinajstić information content (AvgIpc) is 2.44. The molecule has 3 N–H and O–H groups in total. The van der Waals surface area contributed by atoms with E-state index in [1.807, 2.05) is 0 Å². The summed E-state index contributed by atoms with van der Waals surface area (Å²) in [5, 5.41) is 14.1. The summed E-state index contributed by atoms with van der Waals surface area (Å²) in [6.45, 7) is 0.122. The van der Waals surface area contributed by atoms with E-state index in [0.29, 0.717) is 25.7 Å². The Labute approximate surface area is 135 Å². The average molecular weight is 352 g/mol. The summed E-state index contributed by atoms with van der Waals surface area (Å²) in [5.74, 6) is -0.332. The van der Waals surface area contributed by atoms with Crippen LogP contribution < -0.4 is 10.6 Å². The predicted molar refractivity (Wildman–Crippen MR) is 73.1 cm³/mol. The van der Waals surface area contributed by atoms with Gasteiger partial charge in [0.1, 0.15) is 5.60 Å². The second-order valence-electron chi connectivity index (χ2n) is 6.82. The van der Waals surface area contributed by atoms with Crippen molar-refractivity contribution in [2.45, 2.75) is 68.2 Å². The van der Waals surface area contributed by atoms with Gasteiger partial charge in [-0.1, -0.05) is 0 Å². The molecule has 2 bridgehead atoms. The molecule has 0 unspecified atom stereocenters. The van der Waals surface area contributed by atoms with Crippen molar-refractivity contribution >= 4 is 12.0 Å². The topological polar surface area (TPSA) is 96.9 Å². The second-order valence-corrected chi connectivity index (χ2v) is 6.82. The van der Waals surface area contributed by atoms with E-state index in [-0.39, 0.29) is 31.4 Å². The number of halogens is 3. The number of carbonyl (C=O) groups excluding carboxylic acids is 1. The van der Waals surface area contributed by atoms with Gasteiger partial charge in [-0.3, -0.25) is 9.53 Å². The van der Waals surface area contributed by atoms with Crippen LogP contribution in [0.2, 0.25) is 0 Å². The van der Waals surface area contributed by atoms with E-state index >= 15 is 0 Å². The summed E-state index contributed by atoms with van der Waals surface area (Å²) in [4.78, 5) is 23.3. The molecule has 4 aliphatic rings. The largest absolute Gasteiger partial charge is 0.522 e. The van der Waals surface area contributed by atoms with E-state index in [9.17, 15) is 22.8 Å². The molecular formula is C14H19F3N2O5. The van der Waals surface area contributed by atoms with Crippen LogP contribution in [0.1, 0.15) is 38.5 Å². The molecule has 0 radical (unpaired) electrons. The van der Waals surface area contributed by atoms with Crippen LogP contribution in [0.4, 0.5) is 18.0 Å². The molecule has 7 nitrogen and oxygen atoms in total. The lowest BCUT2D eigenvalue weighted by molar-refractivity contribution is -0.351. The molecule has 2 heterocycles. The third kappa shape index (κ3) is 3.44. The molecule has 136 valence electrons. The molecule has 0 aromatic carbocycles. The number of alkyl halides is 3. The molecule has 0 spiro atoms. The summed E-state index contributed by atoms with van der Waals surface area (Å²) < 4.78 is 45.8. The Morgan fingerprint density at radius 1 is 1.17 bits per heavy atom. The molecule has 0 aromatic rings. The van der Waals surface area contributed by atoms with Gasteiger partial charge >= 0.3 is 12.5 Å². The van der Waals surface area contributed by atoms with Gasteiger partial charge in [0.15, 0.2) is 0 Å². The lowest BCUT2D eigenvalue weighted by Crippen LogP contribution is -2.67. The summed E-state index contributed by atoms with van der Waals surface area (Å²) in [6.07, 6.45) is -4.70. The minimum atomic E-state index is -4.66. The van der Waals surface area contributed by atoms with Crippen molar-refractivity contribution in [3.8, 4) is 0 Å². The molecule has 24 heavy (non-hydrogen) atoms. The van der Waals surface area contributed by atoms with Gasteiger partial charge in [-0.15, -0.1) is 13.2 Å². The number of ether oxygens (including phenoxy) is 2. The molecule has 2 saturated carbocycles. The monoisotopic (exact) mass is 352 g/mol. The first-order valence-electron chi connectivity index (χ1n) is 7.82. The van der Waals surface area contributed by atoms with Crippen LogP contribution in [0.25, 0.3) is 0 Å². The van der Waals surface area contributed by atoms with Gasteiger partial charge in [-0.2, -0.15) is 0 Å². The zero-order valence-electron chi connectivity index (χ0n) is 12.8. The number of hydrogen-bond acceptors (Lipinski definition) is 4. The number of nitrogens with one attached hydrogen (secondary N) is 2. The molecule has 10 heteroatoms. The van der Waals surface area contributed by atoms with E-state index in [1.165, 1.54) is 0 Å². The zero-order valence-corrected chi connectivity index (χ0v) is 12.8. The van der Waals surface area contributed by atoms with Crippen molar-refractivity contribution in [3.05, 3.63) is 0 Å². The highest BCUT2D eigenvalue weighted by molar-refractivity contribution is 5.86. The predicted octanol–water partition coefficient (Wildman–Crippen LogP) is 1.52. The van der Waals surface area contributed by atoms with E-state index < -0.39 is 29.7 Å². The molecule has 2 amide bonds. The standard InChI is InChI=1S/C14H19F3N2O5/c15-14(16,17)24-9-5-8(6-9)18-10(20)13-3-1-12(2-4-13,7-23-13)19-11(21)22/h8-9,19H,1-7H2,(H,18,20)(H,21,22). The molecule has 0 aromatic heterocycles. The molecule has 2 aliphatic carbocycles. The fourth-order valence-electron chi connectivity index (χ4n) is 3.66. The van der Waals surface area contributed by atoms with Crippen molar-refractivity contribution in [2.75, 3.05) is 6.61 Å². The van der Waals surface area contributed by atoms with Crippen LogP contribution in [0, 0.1) is 0 Å². The number of carbonyl (C=O) groups is 2. The van der Waals surface area contributed by atoms with Gasteiger partial charge in [-0.05, 0) is 38.5 Å². The first-order chi connectivity index (χ1) is 11.1. The molecule has 4 rings (SSSR count). The normalized spacial score (nSPS) is 38.3. The van der Waals surface area contributed by atoms with Gasteiger partial charge in [0, 0.05) is 6.04 Å². The third-order valence-corrected chi connectivity index (χ3v) is 5.16. The summed E-state index contributed by atoms with van der Waals surface area (Å²) in [5.41, 5.74) is -1.64. The lowest BCUT2D eigenvalue weighted by atomic mass is 9.70. The minimum Gasteiger partial charge on any atom is -0.465 e. The van der Waals surface area contributed by atoms with Crippen LogP contribution in [-0.4, -0.2) is 53.4 Å². The number of amides is 2. The van der Waals surface area contributed by atoms with E-state index in [4.69, 9.17) is 9.84 Å². The molecular weight excluding hydrogens is 333 g/mol. The number of rotatable bonds is 4. The van der Waals surface area contributed by atoms with Crippen LogP contribution >= 0.6 is 0 Å². The van der Waals surface area contributed by atoms with E-state index in [2.05, 4.69) is 15.4 Å². The van der Waals surface area contributed by atoms with Crippen molar-refractivity contribution in [2.24, 2.45) is 0 Å². The first-order valence-corrected chi connectivity index (χ1v) is 7.82. The van der Waals surface area contributed by atoms with Crippen LogP contribution in [0.15, 0.2) is 0 Å². The van der Waals surface area contributed by atoms with Crippen molar-refractivity contribution in [3.63, 3.8) is 0 Å². The Balaban J connectivity index is 1.49. The summed E-state index contributed by atoms with van der Waals surface area (Å²) in [7, 11) is 0. The maximum atomic E-state index is 12.5. The molecule has 4 fully saturated rings. The maximum absolute atomic E-state index is 12.5. The molecule has 2 saturated heterocycles. The second kappa shape index (κ2) is 5.76. The number of fused-ring (bicyclic) bond motifs is 3. The van der Waals surface area contributed by atoms with Gasteiger partial charge in [-0.25, -0.2) is 4.79 Å². The zero-order chi connectivity index (χ0) is 17.6. The molecule has 2 aliphatic heterocycles. The highest BCUT2D eigenvalue weighted by Crippen LogP contribution is 2.44. The Morgan fingerprint density at radius 2 is 1.79 bits per heavy atom. The van der Waals surface area contributed by atoms with Gasteiger partial charge in [0.05, 0.1) is 18.2 Å². The minimum absolute atomic E-state index is 0.117. The SMILES string of the molecule is O=C(O)NC12CCC(C(=O)NC3CC(OC(F)(F)F)C3)(CC1)OC2. The Bertz CT molecular complexity index is 508. The van der Waals surface area contributed by atoms with Crippen molar-refractivity contribution < 1.29 is 37.3 Å². The lowest BCUT2D eigenvalue weighted by Gasteiger charge is -2.52. The highest BCUT2D eigenvalue weighted by Gasteiger charge is 2.55. The van der Waals surface area contributed by atoms with Crippen LogP contribution in [0.5, 0.6) is 0 Å². The maximum Gasteiger partial charge on any atom is 0.522 e. The summed E-state index contributed by atoms with van der Waals surface area (Å²) in [6, 6.07) is -0.353. The van der Waals surface area contributed by atoms with Crippen LogP contribution in [-0.2, 0) is 14.3 Å². The quantitative estimate of drug-likeness (QED) is 0.713.